The molecule has 1 rings (SSSR count). The Hall–Kier alpha value is -2.12. The highest BCUT2D eigenvalue weighted by atomic mass is 16.5. The molecule has 0 aliphatic heterocycles. The van der Waals surface area contributed by atoms with E-state index in [1.54, 1.807) is 6.92 Å². The lowest BCUT2D eigenvalue weighted by Gasteiger charge is -2.21. The van der Waals surface area contributed by atoms with Gasteiger partial charge in [0, 0.05) is 19.0 Å². The summed E-state index contributed by atoms with van der Waals surface area (Å²) < 4.78 is 4.87. The molecule has 1 amide bonds. The second-order valence-corrected chi connectivity index (χ2v) is 5.58. The first kappa shape index (κ1) is 16.9. The number of nitrogens with zero attached hydrogens (tertiary/aromatic N) is 3. The number of hydrogen-bond acceptors (Lipinski definition) is 5. The molecule has 21 heavy (non-hydrogen) atoms. The van der Waals surface area contributed by atoms with Crippen molar-refractivity contribution in [3.63, 3.8) is 0 Å². The molecule has 0 saturated heterocycles. The smallest absolute Gasteiger partial charge is 0.239 e. The van der Waals surface area contributed by atoms with Gasteiger partial charge in [-0.05, 0) is 27.7 Å². The summed E-state index contributed by atoms with van der Waals surface area (Å²) in [5.74, 6) is 1.44. The predicted molar refractivity (Wildman–Crippen MR) is 79.7 cm³/mol. The van der Waals surface area contributed by atoms with Crippen molar-refractivity contribution in [1.29, 1.82) is 0 Å². The van der Waals surface area contributed by atoms with Crippen LogP contribution in [0.25, 0.3) is 0 Å². The van der Waals surface area contributed by atoms with E-state index in [0.717, 1.165) is 0 Å². The molecular weight excluding hydrogens is 272 g/mol. The Morgan fingerprint density at radius 2 is 2.05 bits per heavy atom. The monoisotopic (exact) mass is 296 g/mol. The minimum atomic E-state index is -0.254. The van der Waals surface area contributed by atoms with E-state index >= 15 is 0 Å². The molecule has 0 radical (unpaired) electrons. The normalized spacial score (nSPS) is 12.1. The van der Waals surface area contributed by atoms with E-state index in [4.69, 9.17) is 4.52 Å². The summed E-state index contributed by atoms with van der Waals surface area (Å²) in [6.45, 7) is 10.6. The first-order valence-corrected chi connectivity index (χ1v) is 6.92. The molecule has 1 aromatic heterocycles. The molecular formula is C13H24N6O2. The molecule has 8 heteroatoms. The van der Waals surface area contributed by atoms with Crippen LogP contribution in [0.2, 0.25) is 0 Å². The van der Waals surface area contributed by atoms with E-state index < -0.39 is 0 Å². The van der Waals surface area contributed by atoms with Crippen LogP contribution in [0.5, 0.6) is 0 Å². The largest absolute Gasteiger partial charge is 0.357 e. The van der Waals surface area contributed by atoms with Gasteiger partial charge in [-0.3, -0.25) is 4.79 Å². The fourth-order valence-corrected chi connectivity index (χ4v) is 1.52. The third kappa shape index (κ3) is 7.28. The zero-order valence-electron chi connectivity index (χ0n) is 13.3. The van der Waals surface area contributed by atoms with Gasteiger partial charge in [0.1, 0.15) is 6.54 Å². The lowest BCUT2D eigenvalue weighted by atomic mass is 10.1. The first-order chi connectivity index (χ1) is 9.80. The van der Waals surface area contributed by atoms with Gasteiger partial charge in [-0.15, -0.1) is 0 Å². The molecule has 0 aliphatic carbocycles. The number of aryl methyl sites for hydroxylation is 1. The molecule has 0 atom stereocenters. The summed E-state index contributed by atoms with van der Waals surface area (Å²) in [6.07, 6.45) is 0. The van der Waals surface area contributed by atoms with Crippen molar-refractivity contribution >= 4 is 11.9 Å². The Bertz CT molecular complexity index is 489. The number of rotatable bonds is 5. The number of aromatic nitrogens is 2. The van der Waals surface area contributed by atoms with Crippen LogP contribution in [0, 0.1) is 6.92 Å². The highest BCUT2D eigenvalue weighted by Gasteiger charge is 2.13. The maximum Gasteiger partial charge on any atom is 0.239 e. The van der Waals surface area contributed by atoms with Gasteiger partial charge in [0.15, 0.2) is 11.8 Å². The summed E-state index contributed by atoms with van der Waals surface area (Å²) in [6, 6.07) is 0. The standard InChI is InChI=1S/C13H24N6O2/c1-6-14-12(15-7-10-17-9(2)21-19-10)16-8-11(20)18-13(3,4)5/h6-8H2,1-5H3,(H,18,20)(H2,14,15,16). The van der Waals surface area contributed by atoms with Crippen molar-refractivity contribution in [2.45, 2.75) is 46.7 Å². The van der Waals surface area contributed by atoms with Crippen LogP contribution in [0.15, 0.2) is 9.52 Å². The molecule has 0 aromatic carbocycles. The van der Waals surface area contributed by atoms with Crippen molar-refractivity contribution in [2.75, 3.05) is 13.1 Å². The number of amides is 1. The van der Waals surface area contributed by atoms with Crippen LogP contribution in [0.1, 0.15) is 39.4 Å². The van der Waals surface area contributed by atoms with Crippen LogP contribution in [0.3, 0.4) is 0 Å². The van der Waals surface area contributed by atoms with E-state index in [-0.39, 0.29) is 24.5 Å². The van der Waals surface area contributed by atoms with Crippen molar-refractivity contribution in [1.82, 2.24) is 26.1 Å². The van der Waals surface area contributed by atoms with Gasteiger partial charge in [-0.25, -0.2) is 4.99 Å². The topological polar surface area (TPSA) is 104 Å². The number of aliphatic imine (C=N–C) groups is 1. The lowest BCUT2D eigenvalue weighted by molar-refractivity contribution is -0.121. The van der Waals surface area contributed by atoms with Crippen LogP contribution in [-0.4, -0.2) is 40.6 Å². The maximum atomic E-state index is 11.7. The van der Waals surface area contributed by atoms with Crippen LogP contribution in [0.4, 0.5) is 0 Å². The first-order valence-electron chi connectivity index (χ1n) is 6.92. The average molecular weight is 296 g/mol. The summed E-state index contributed by atoms with van der Waals surface area (Å²) in [7, 11) is 0. The quantitative estimate of drug-likeness (QED) is 0.535. The van der Waals surface area contributed by atoms with Gasteiger partial charge < -0.3 is 20.5 Å². The van der Waals surface area contributed by atoms with Crippen molar-refractivity contribution in [3.05, 3.63) is 11.7 Å². The third-order valence-corrected chi connectivity index (χ3v) is 2.22. The maximum absolute atomic E-state index is 11.7. The molecule has 1 heterocycles. The van der Waals surface area contributed by atoms with Gasteiger partial charge in [-0.2, -0.15) is 4.98 Å². The Balaban J connectivity index is 2.51. The highest BCUT2D eigenvalue weighted by molar-refractivity contribution is 5.86. The fourth-order valence-electron chi connectivity index (χ4n) is 1.52. The Labute approximate surface area is 124 Å². The molecule has 0 unspecified atom stereocenters. The van der Waals surface area contributed by atoms with Gasteiger partial charge >= 0.3 is 0 Å². The number of carbonyl (C=O) groups is 1. The fraction of sp³-hybridized carbons (Fsp3) is 0.692. The van der Waals surface area contributed by atoms with Gasteiger partial charge in [-0.1, -0.05) is 5.16 Å². The lowest BCUT2D eigenvalue weighted by Crippen LogP contribution is -2.48. The SMILES string of the molecule is CCNC(=NCc1noc(C)n1)NCC(=O)NC(C)(C)C. The predicted octanol–water partition coefficient (Wildman–Crippen LogP) is 0.348. The Morgan fingerprint density at radius 1 is 1.33 bits per heavy atom. The Kier molecular flexibility index (Phi) is 6.13. The molecule has 0 aliphatic rings. The Morgan fingerprint density at radius 3 is 2.57 bits per heavy atom. The molecule has 1 aromatic rings. The molecule has 8 nitrogen and oxygen atoms in total. The van der Waals surface area contributed by atoms with Crippen molar-refractivity contribution in [2.24, 2.45) is 4.99 Å². The minimum absolute atomic E-state index is 0.0940. The van der Waals surface area contributed by atoms with Gasteiger partial charge in [0.25, 0.3) is 0 Å². The summed E-state index contributed by atoms with van der Waals surface area (Å²) >= 11 is 0. The zero-order valence-corrected chi connectivity index (χ0v) is 13.3. The van der Waals surface area contributed by atoms with Crippen LogP contribution in [-0.2, 0) is 11.3 Å². The molecule has 0 saturated carbocycles. The summed E-state index contributed by atoms with van der Waals surface area (Å²) in [4.78, 5) is 20.1. The summed E-state index contributed by atoms with van der Waals surface area (Å²) in [5.41, 5.74) is -0.254. The zero-order chi connectivity index (χ0) is 15.9. The number of carbonyl (C=O) groups excluding carboxylic acids is 1. The van der Waals surface area contributed by atoms with Gasteiger partial charge in [0.2, 0.25) is 11.8 Å². The van der Waals surface area contributed by atoms with Crippen LogP contribution < -0.4 is 16.0 Å². The third-order valence-electron chi connectivity index (χ3n) is 2.22. The molecule has 0 fully saturated rings. The number of hydrogen-bond donors (Lipinski definition) is 3. The molecule has 0 bridgehead atoms. The second-order valence-electron chi connectivity index (χ2n) is 5.58. The second kappa shape index (κ2) is 7.61. The van der Waals surface area contributed by atoms with Gasteiger partial charge in [0.05, 0.1) is 6.54 Å². The average Bonchev–Trinajstić information content (AvgIpc) is 2.76. The number of guanidine groups is 1. The van der Waals surface area contributed by atoms with Crippen molar-refractivity contribution < 1.29 is 9.32 Å². The highest BCUT2D eigenvalue weighted by Crippen LogP contribution is 1.98. The summed E-state index contributed by atoms with van der Waals surface area (Å²) in [5, 5.41) is 12.6. The van der Waals surface area contributed by atoms with E-state index in [2.05, 4.69) is 31.1 Å². The molecule has 0 spiro atoms. The molecule has 118 valence electrons. The minimum Gasteiger partial charge on any atom is -0.357 e. The van der Waals surface area contributed by atoms with E-state index in [0.29, 0.717) is 24.2 Å². The van der Waals surface area contributed by atoms with E-state index in [1.807, 2.05) is 27.7 Å². The van der Waals surface area contributed by atoms with E-state index in [9.17, 15) is 4.79 Å². The van der Waals surface area contributed by atoms with Crippen LogP contribution >= 0.6 is 0 Å². The van der Waals surface area contributed by atoms with Crippen molar-refractivity contribution in [3.8, 4) is 0 Å². The number of nitrogens with one attached hydrogen (secondary N) is 3. The molecule has 3 N–H and O–H groups in total. The van der Waals surface area contributed by atoms with E-state index in [1.165, 1.54) is 0 Å².